The van der Waals surface area contributed by atoms with Gasteiger partial charge in [0.1, 0.15) is 17.8 Å². The lowest BCUT2D eigenvalue weighted by Gasteiger charge is -2.36. The van der Waals surface area contributed by atoms with Crippen molar-refractivity contribution in [2.24, 2.45) is 5.92 Å². The van der Waals surface area contributed by atoms with Crippen molar-refractivity contribution < 1.29 is 19.2 Å². The second-order valence-corrected chi connectivity index (χ2v) is 12.9. The number of piperazine rings is 1. The number of hydrogen-bond acceptors (Lipinski definition) is 6. The molecule has 4 rings (SSSR count). The van der Waals surface area contributed by atoms with Crippen LogP contribution in [0.2, 0.25) is 0 Å². The van der Waals surface area contributed by atoms with Crippen molar-refractivity contribution in [3.63, 3.8) is 0 Å². The summed E-state index contributed by atoms with van der Waals surface area (Å²) in [5.41, 5.74) is 1.92. The summed E-state index contributed by atoms with van der Waals surface area (Å²) in [5, 5.41) is 13.3. The van der Waals surface area contributed by atoms with Gasteiger partial charge in [0.25, 0.3) is 5.91 Å². The molecule has 0 bridgehead atoms. The molecule has 3 N–H and O–H groups in total. The van der Waals surface area contributed by atoms with Crippen molar-refractivity contribution in [3.8, 4) is 0 Å². The Bertz CT molecular complexity index is 1290. The smallest absolute Gasteiger partial charge is 0.270 e. The van der Waals surface area contributed by atoms with E-state index in [0.29, 0.717) is 30.9 Å². The Hall–Kier alpha value is -3.73. The topological polar surface area (TPSA) is 129 Å². The maximum Gasteiger partial charge on any atom is 0.270 e. The number of hydrogen-bond donors (Lipinski definition) is 3. The van der Waals surface area contributed by atoms with E-state index in [2.05, 4.69) is 25.9 Å². The molecule has 3 atom stereocenters. The highest BCUT2D eigenvalue weighted by Gasteiger charge is 2.34. The van der Waals surface area contributed by atoms with Crippen LogP contribution in [-0.2, 0) is 14.4 Å². The first-order valence-corrected chi connectivity index (χ1v) is 16.6. The van der Waals surface area contributed by atoms with Gasteiger partial charge in [-0.05, 0) is 63.4 Å². The van der Waals surface area contributed by atoms with Crippen molar-refractivity contribution in [1.29, 1.82) is 0 Å². The lowest BCUT2D eigenvalue weighted by molar-refractivity contribution is -0.138. The van der Waals surface area contributed by atoms with E-state index < -0.39 is 12.1 Å². The fraction of sp³-hybridized carbons (Fsp3) is 0.618. The van der Waals surface area contributed by atoms with Gasteiger partial charge in [0.2, 0.25) is 17.7 Å². The summed E-state index contributed by atoms with van der Waals surface area (Å²) < 4.78 is 1.67. The van der Waals surface area contributed by atoms with Crippen LogP contribution in [0.3, 0.4) is 0 Å². The molecule has 246 valence electrons. The van der Waals surface area contributed by atoms with E-state index in [9.17, 15) is 19.2 Å². The third-order valence-corrected chi connectivity index (χ3v) is 9.25. The van der Waals surface area contributed by atoms with E-state index in [1.165, 1.54) is 0 Å². The summed E-state index contributed by atoms with van der Waals surface area (Å²) in [6.07, 6.45) is 7.99. The number of benzene rings is 1. The first kappa shape index (κ1) is 34.1. The Balaban J connectivity index is 1.49. The van der Waals surface area contributed by atoms with Crippen LogP contribution in [-0.4, -0.2) is 88.5 Å². The van der Waals surface area contributed by atoms with Crippen molar-refractivity contribution in [1.82, 2.24) is 30.2 Å². The molecule has 0 spiro atoms. The highest BCUT2D eigenvalue weighted by molar-refractivity contribution is 6.00. The zero-order valence-electron chi connectivity index (χ0n) is 27.6. The van der Waals surface area contributed by atoms with Gasteiger partial charge in [0, 0.05) is 56.4 Å². The van der Waals surface area contributed by atoms with Crippen molar-refractivity contribution in [2.45, 2.75) is 96.7 Å². The minimum Gasteiger partial charge on any atom is -0.344 e. The predicted molar refractivity (Wildman–Crippen MR) is 175 cm³/mol. The first-order chi connectivity index (χ1) is 21.6. The quantitative estimate of drug-likeness (QED) is 0.326. The molecule has 2 unspecified atom stereocenters. The molecular weight excluding hydrogens is 570 g/mol. The van der Waals surface area contributed by atoms with Gasteiger partial charge in [-0.1, -0.05) is 51.7 Å². The molecule has 2 fully saturated rings. The number of likely N-dealkylation sites (N-methyl/N-ethyl adjacent to an activating group) is 1. The minimum atomic E-state index is -0.685. The Kier molecular flexibility index (Phi) is 12.2. The van der Waals surface area contributed by atoms with E-state index in [1.807, 2.05) is 57.0 Å². The first-order valence-electron chi connectivity index (χ1n) is 16.6. The van der Waals surface area contributed by atoms with Crippen LogP contribution < -0.4 is 16.0 Å². The van der Waals surface area contributed by atoms with Crippen LogP contribution in [0.15, 0.2) is 36.5 Å². The fourth-order valence-corrected chi connectivity index (χ4v) is 6.34. The Morgan fingerprint density at radius 1 is 0.889 bits per heavy atom. The zero-order valence-corrected chi connectivity index (χ0v) is 27.6. The molecule has 1 saturated heterocycles. The molecule has 1 saturated carbocycles. The van der Waals surface area contributed by atoms with Crippen LogP contribution in [0.5, 0.6) is 0 Å². The van der Waals surface area contributed by atoms with Gasteiger partial charge in [0.15, 0.2) is 0 Å². The Morgan fingerprint density at radius 2 is 1.53 bits per heavy atom. The van der Waals surface area contributed by atoms with Crippen molar-refractivity contribution in [3.05, 3.63) is 47.8 Å². The van der Waals surface area contributed by atoms with Gasteiger partial charge in [-0.2, -0.15) is 5.10 Å². The van der Waals surface area contributed by atoms with Crippen LogP contribution in [0.4, 0.5) is 5.69 Å². The van der Waals surface area contributed by atoms with Crippen LogP contribution in [0.1, 0.15) is 101 Å². The lowest BCUT2D eigenvalue weighted by Crippen LogP contribution is -2.55. The number of aromatic nitrogens is 2. The van der Waals surface area contributed by atoms with Gasteiger partial charge in [0.05, 0.1) is 0 Å². The second kappa shape index (κ2) is 16.0. The fourth-order valence-electron chi connectivity index (χ4n) is 6.34. The average Bonchev–Trinajstić information content (AvgIpc) is 3.39. The number of carbonyl (C=O) groups excluding carboxylic acids is 4. The second-order valence-electron chi connectivity index (χ2n) is 12.9. The summed E-state index contributed by atoms with van der Waals surface area (Å²) in [7, 11) is 2.04. The number of nitrogens with one attached hydrogen (secondary N) is 3. The maximum absolute atomic E-state index is 13.8. The Morgan fingerprint density at radius 3 is 2.13 bits per heavy atom. The van der Waals surface area contributed by atoms with E-state index in [4.69, 9.17) is 0 Å². The molecule has 1 aliphatic carbocycles. The van der Waals surface area contributed by atoms with Crippen molar-refractivity contribution >= 4 is 29.3 Å². The molecule has 0 radical (unpaired) electrons. The molecule has 1 aromatic heterocycles. The molecule has 45 heavy (non-hydrogen) atoms. The molecule has 4 amide bonds. The van der Waals surface area contributed by atoms with E-state index in [-0.39, 0.29) is 41.5 Å². The molecule has 11 nitrogen and oxygen atoms in total. The average molecular weight is 622 g/mol. The maximum atomic E-state index is 13.8. The molecule has 2 aliphatic rings. The van der Waals surface area contributed by atoms with Gasteiger partial charge in [-0.15, -0.1) is 0 Å². The zero-order chi connectivity index (χ0) is 32.5. The highest BCUT2D eigenvalue weighted by Crippen LogP contribution is 2.28. The van der Waals surface area contributed by atoms with E-state index in [0.717, 1.165) is 57.2 Å². The number of rotatable bonds is 11. The van der Waals surface area contributed by atoms with Crippen LogP contribution in [0, 0.1) is 5.92 Å². The lowest BCUT2D eigenvalue weighted by atomic mass is 9.90. The van der Waals surface area contributed by atoms with Crippen molar-refractivity contribution in [2.75, 3.05) is 38.5 Å². The van der Waals surface area contributed by atoms with E-state index >= 15 is 0 Å². The SMILES string of the molecule is CCC(=O)N[C@@H](C(=O)N1CCN(C)CC1)C(C)c1ccc(NC(=O)C(NC(=O)c2ccnn2C(C)C)C2CCCCCC2)cc1. The number of nitrogens with zero attached hydrogens (tertiary/aromatic N) is 4. The van der Waals surface area contributed by atoms with Gasteiger partial charge < -0.3 is 25.8 Å². The predicted octanol–water partition coefficient (Wildman–Crippen LogP) is 3.94. The summed E-state index contributed by atoms with van der Waals surface area (Å²) in [5.74, 6) is -1.03. The van der Waals surface area contributed by atoms with Crippen LogP contribution in [0.25, 0.3) is 0 Å². The molecule has 2 heterocycles. The summed E-state index contributed by atoms with van der Waals surface area (Å²) >= 11 is 0. The van der Waals surface area contributed by atoms with E-state index in [1.54, 1.807) is 23.9 Å². The standard InChI is InChI=1S/C34H51N7O4/c1-6-29(42)37-30(34(45)40-21-19-39(5)20-22-40)24(4)25-13-15-27(16-14-25)36-33(44)31(26-11-9-7-8-10-12-26)38-32(43)28-17-18-35-41(28)23(2)3/h13-18,23-24,26,30-31H,6-12,19-22H2,1-5H3,(H,36,44)(H,37,42)(H,38,43)/t24?,30-,31?/m1/s1. The highest BCUT2D eigenvalue weighted by atomic mass is 16.2. The van der Waals surface area contributed by atoms with Crippen LogP contribution >= 0.6 is 0 Å². The summed E-state index contributed by atoms with van der Waals surface area (Å²) in [6, 6.07) is 7.76. The molecule has 1 aliphatic heterocycles. The number of carbonyl (C=O) groups is 4. The Labute approximate surface area is 267 Å². The normalized spacial score (nSPS) is 18.5. The monoisotopic (exact) mass is 621 g/mol. The molecule has 11 heteroatoms. The minimum absolute atomic E-state index is 0.0126. The van der Waals surface area contributed by atoms with Gasteiger partial charge in [-0.25, -0.2) is 0 Å². The third kappa shape index (κ3) is 8.93. The summed E-state index contributed by atoms with van der Waals surface area (Å²) in [6.45, 7) is 10.5. The molecular formula is C34H51N7O4. The van der Waals surface area contributed by atoms with Gasteiger partial charge in [-0.3, -0.25) is 23.9 Å². The summed E-state index contributed by atoms with van der Waals surface area (Å²) in [4.78, 5) is 57.1. The molecule has 2 aromatic rings. The number of amides is 4. The third-order valence-electron chi connectivity index (χ3n) is 9.25. The molecule has 1 aromatic carbocycles. The number of anilines is 1. The van der Waals surface area contributed by atoms with Gasteiger partial charge >= 0.3 is 0 Å². The largest absolute Gasteiger partial charge is 0.344 e.